The van der Waals surface area contributed by atoms with Gasteiger partial charge in [-0.15, -0.1) is 0 Å². The topological polar surface area (TPSA) is 107 Å². The van der Waals surface area contributed by atoms with Gasteiger partial charge in [0.15, 0.2) is 0 Å². The number of rotatable bonds is 5. The number of carboxylic acids is 2. The van der Waals surface area contributed by atoms with Crippen molar-refractivity contribution in [3.05, 3.63) is 0 Å². The second-order valence-corrected chi connectivity index (χ2v) is 2.30. The summed E-state index contributed by atoms with van der Waals surface area (Å²) < 4.78 is 0. The van der Waals surface area contributed by atoms with Crippen molar-refractivity contribution >= 4 is 11.9 Å². The van der Waals surface area contributed by atoms with Crippen LogP contribution in [-0.4, -0.2) is 33.4 Å². The maximum absolute atomic E-state index is 10.4. The molecule has 0 aliphatic heterocycles. The van der Waals surface area contributed by atoms with Crippen LogP contribution < -0.4 is 5.48 Å². The fraction of sp³-hybridized carbons (Fsp3) is 0.667. The first-order valence-electron chi connectivity index (χ1n) is 3.39. The summed E-state index contributed by atoms with van der Waals surface area (Å²) in [5.41, 5.74) is 1.45. The smallest absolute Gasteiger partial charge is 0.323 e. The van der Waals surface area contributed by atoms with E-state index < -0.39 is 23.9 Å². The molecular weight excluding hydrogens is 166 g/mol. The van der Waals surface area contributed by atoms with Crippen LogP contribution in [0.4, 0.5) is 0 Å². The first-order valence-corrected chi connectivity index (χ1v) is 3.39. The highest BCUT2D eigenvalue weighted by molar-refractivity contribution is 5.82. The van der Waals surface area contributed by atoms with Crippen molar-refractivity contribution in [3.63, 3.8) is 0 Å². The van der Waals surface area contributed by atoms with Gasteiger partial charge in [0.2, 0.25) is 0 Å². The summed E-state index contributed by atoms with van der Waals surface area (Å²) in [5, 5.41) is 25.3. The van der Waals surface area contributed by atoms with Crippen LogP contribution in [0.3, 0.4) is 0 Å². The third-order valence-electron chi connectivity index (χ3n) is 1.56. The molecule has 0 spiro atoms. The van der Waals surface area contributed by atoms with Crippen molar-refractivity contribution in [2.45, 2.75) is 19.4 Å². The number of hydrogen-bond donors (Lipinski definition) is 4. The van der Waals surface area contributed by atoms with Gasteiger partial charge in [-0.3, -0.25) is 9.59 Å². The summed E-state index contributed by atoms with van der Waals surface area (Å²) in [6.07, 6.45) is 0.139. The minimum atomic E-state index is -1.45. The summed E-state index contributed by atoms with van der Waals surface area (Å²) in [7, 11) is 0. The summed E-state index contributed by atoms with van der Waals surface area (Å²) in [4.78, 5) is 20.8. The molecule has 0 saturated heterocycles. The van der Waals surface area contributed by atoms with Gasteiger partial charge in [-0.1, -0.05) is 6.92 Å². The molecule has 2 atom stereocenters. The Kier molecular flexibility index (Phi) is 4.24. The lowest BCUT2D eigenvalue weighted by atomic mass is 9.98. The lowest BCUT2D eigenvalue weighted by Crippen LogP contribution is -2.44. The average Bonchev–Trinajstić information content (AvgIpc) is 1.98. The number of carboxylic acid groups (broad SMARTS) is 2. The SMILES string of the molecule is CC[C@H](C(=O)O)[C@H](NO)C(=O)O. The Balaban J connectivity index is 4.44. The van der Waals surface area contributed by atoms with E-state index in [0.717, 1.165) is 0 Å². The molecule has 0 amide bonds. The largest absolute Gasteiger partial charge is 0.481 e. The second kappa shape index (κ2) is 4.68. The minimum Gasteiger partial charge on any atom is -0.481 e. The summed E-state index contributed by atoms with van der Waals surface area (Å²) in [6, 6.07) is -1.45. The van der Waals surface area contributed by atoms with Gasteiger partial charge in [-0.05, 0) is 6.42 Å². The second-order valence-electron chi connectivity index (χ2n) is 2.30. The molecule has 0 aliphatic rings. The maximum atomic E-state index is 10.4. The Labute approximate surface area is 68.8 Å². The van der Waals surface area contributed by atoms with Gasteiger partial charge in [0.1, 0.15) is 6.04 Å². The predicted octanol–water partition coefficient (Wildman–Crippen LogP) is -0.471. The van der Waals surface area contributed by atoms with E-state index in [1.807, 2.05) is 0 Å². The number of carbonyl (C=O) groups is 2. The van der Waals surface area contributed by atoms with Gasteiger partial charge in [-0.2, -0.15) is 5.48 Å². The van der Waals surface area contributed by atoms with Gasteiger partial charge in [-0.25, -0.2) is 0 Å². The minimum absolute atomic E-state index is 0.139. The molecule has 6 nitrogen and oxygen atoms in total. The molecule has 0 aromatic rings. The Bertz CT molecular complexity index is 161. The van der Waals surface area contributed by atoms with E-state index in [-0.39, 0.29) is 6.42 Å². The van der Waals surface area contributed by atoms with Crippen LogP contribution in [0.5, 0.6) is 0 Å². The zero-order chi connectivity index (χ0) is 9.72. The molecule has 0 fully saturated rings. The highest BCUT2D eigenvalue weighted by atomic mass is 16.5. The van der Waals surface area contributed by atoms with E-state index in [1.54, 1.807) is 0 Å². The number of hydroxylamine groups is 1. The average molecular weight is 177 g/mol. The van der Waals surface area contributed by atoms with Crippen molar-refractivity contribution in [1.29, 1.82) is 0 Å². The fourth-order valence-electron chi connectivity index (χ4n) is 0.870. The van der Waals surface area contributed by atoms with E-state index in [0.29, 0.717) is 0 Å². The summed E-state index contributed by atoms with van der Waals surface area (Å²) in [5.74, 6) is -3.74. The lowest BCUT2D eigenvalue weighted by molar-refractivity contribution is -0.154. The zero-order valence-corrected chi connectivity index (χ0v) is 6.52. The fourth-order valence-corrected chi connectivity index (χ4v) is 0.870. The maximum Gasteiger partial charge on any atom is 0.323 e. The van der Waals surface area contributed by atoms with E-state index in [2.05, 4.69) is 0 Å². The molecule has 0 aromatic heterocycles. The normalized spacial score (nSPS) is 15.2. The van der Waals surface area contributed by atoms with Gasteiger partial charge < -0.3 is 15.4 Å². The zero-order valence-electron chi connectivity index (χ0n) is 6.52. The first kappa shape index (κ1) is 10.9. The Hall–Kier alpha value is -1.14. The van der Waals surface area contributed by atoms with Crippen LogP contribution in [-0.2, 0) is 9.59 Å². The van der Waals surface area contributed by atoms with Crippen molar-refractivity contribution in [2.24, 2.45) is 5.92 Å². The van der Waals surface area contributed by atoms with Crippen LogP contribution in [0.2, 0.25) is 0 Å². The molecule has 0 heterocycles. The molecule has 70 valence electrons. The van der Waals surface area contributed by atoms with Crippen molar-refractivity contribution in [2.75, 3.05) is 0 Å². The Morgan fingerprint density at radius 3 is 1.92 bits per heavy atom. The van der Waals surface area contributed by atoms with E-state index >= 15 is 0 Å². The molecule has 0 aliphatic carbocycles. The van der Waals surface area contributed by atoms with Gasteiger partial charge in [0.25, 0.3) is 0 Å². The highest BCUT2D eigenvalue weighted by Crippen LogP contribution is 2.08. The van der Waals surface area contributed by atoms with Crippen LogP contribution in [0.15, 0.2) is 0 Å². The monoisotopic (exact) mass is 177 g/mol. The van der Waals surface area contributed by atoms with E-state index in [9.17, 15) is 9.59 Å². The summed E-state index contributed by atoms with van der Waals surface area (Å²) in [6.45, 7) is 1.53. The molecule has 0 rings (SSSR count). The van der Waals surface area contributed by atoms with Crippen LogP contribution >= 0.6 is 0 Å². The van der Waals surface area contributed by atoms with Crippen molar-refractivity contribution in [3.8, 4) is 0 Å². The lowest BCUT2D eigenvalue weighted by Gasteiger charge is -2.16. The molecule has 0 bridgehead atoms. The number of nitrogens with one attached hydrogen (secondary N) is 1. The van der Waals surface area contributed by atoms with Crippen molar-refractivity contribution in [1.82, 2.24) is 5.48 Å². The van der Waals surface area contributed by atoms with E-state index in [4.69, 9.17) is 15.4 Å². The Morgan fingerprint density at radius 1 is 1.33 bits per heavy atom. The molecule has 12 heavy (non-hydrogen) atoms. The van der Waals surface area contributed by atoms with Crippen molar-refractivity contribution < 1.29 is 25.0 Å². The molecule has 0 saturated carbocycles. The van der Waals surface area contributed by atoms with Gasteiger partial charge in [0.05, 0.1) is 5.92 Å². The number of hydrogen-bond acceptors (Lipinski definition) is 4. The molecule has 0 radical (unpaired) electrons. The van der Waals surface area contributed by atoms with Gasteiger partial charge >= 0.3 is 11.9 Å². The van der Waals surface area contributed by atoms with Gasteiger partial charge in [0, 0.05) is 0 Å². The highest BCUT2D eigenvalue weighted by Gasteiger charge is 2.31. The quantitative estimate of drug-likeness (QED) is 0.423. The first-order chi connectivity index (χ1) is 5.54. The van der Waals surface area contributed by atoms with E-state index in [1.165, 1.54) is 12.4 Å². The molecule has 4 N–H and O–H groups in total. The third kappa shape index (κ3) is 2.48. The molecular formula is C6H11NO5. The molecule has 0 aromatic carbocycles. The Morgan fingerprint density at radius 2 is 1.83 bits per heavy atom. The molecule has 0 unspecified atom stereocenters. The number of aliphatic carboxylic acids is 2. The van der Waals surface area contributed by atoms with Crippen LogP contribution in [0, 0.1) is 5.92 Å². The van der Waals surface area contributed by atoms with Crippen LogP contribution in [0.25, 0.3) is 0 Å². The summed E-state index contributed by atoms with van der Waals surface area (Å²) >= 11 is 0. The van der Waals surface area contributed by atoms with Crippen LogP contribution in [0.1, 0.15) is 13.3 Å². The standard InChI is InChI=1S/C6H11NO5/c1-2-3(5(8)9)4(7-12)6(10)11/h3-4,7,12H,2H2,1H3,(H,8,9)(H,10,11)/t3-,4-/m0/s1. The predicted molar refractivity (Wildman–Crippen MR) is 37.8 cm³/mol. The third-order valence-corrected chi connectivity index (χ3v) is 1.56. The molecule has 6 heteroatoms.